The van der Waals surface area contributed by atoms with E-state index in [0.717, 1.165) is 32.7 Å². The monoisotopic (exact) mass is 422 g/mol. The molecule has 1 aromatic rings. The van der Waals surface area contributed by atoms with Crippen LogP contribution < -0.4 is 10.6 Å². The van der Waals surface area contributed by atoms with Crippen molar-refractivity contribution in [3.8, 4) is 0 Å². The van der Waals surface area contributed by atoms with Crippen LogP contribution in [0.5, 0.6) is 0 Å². The zero-order valence-electron chi connectivity index (χ0n) is 16.7. The molecule has 1 aliphatic rings. The van der Waals surface area contributed by atoms with E-state index < -0.39 is 0 Å². The Labute approximate surface area is 174 Å². The molecule has 0 aromatic heterocycles. The second-order valence-corrected chi connectivity index (χ2v) is 7.62. The Morgan fingerprint density at radius 2 is 1.81 bits per heavy atom. The smallest absolute Gasteiger partial charge is 0.253 e. The lowest BCUT2D eigenvalue weighted by Gasteiger charge is -2.35. The van der Waals surface area contributed by atoms with Crippen LogP contribution in [0.4, 0.5) is 10.1 Å². The molecule has 0 atom stereocenters. The number of nitrogens with two attached hydrogens (primary N) is 1. The van der Waals surface area contributed by atoms with E-state index in [1.165, 1.54) is 6.07 Å². The molecule has 1 fully saturated rings. The van der Waals surface area contributed by atoms with E-state index >= 15 is 0 Å². The number of halogens is 3. The molecule has 1 saturated heterocycles. The number of rotatable bonds is 6. The predicted octanol–water partition coefficient (Wildman–Crippen LogP) is 2.87. The fourth-order valence-corrected chi connectivity index (χ4v) is 3.20. The first kappa shape index (κ1) is 25.9. The molecular weight excluding hydrogens is 390 g/mol. The minimum Gasteiger partial charge on any atom is -0.367 e. The van der Waals surface area contributed by atoms with Crippen molar-refractivity contribution in [3.05, 3.63) is 29.6 Å². The zero-order valence-corrected chi connectivity index (χ0v) is 18.3. The normalized spacial score (nSPS) is 15.0. The molecule has 27 heavy (non-hydrogen) atoms. The van der Waals surface area contributed by atoms with Gasteiger partial charge >= 0.3 is 0 Å². The first-order chi connectivity index (χ1) is 11.8. The maximum absolute atomic E-state index is 14.6. The molecule has 0 unspecified atom stereocenters. The SMILES string of the molecule is CCN1CCN(c2ccc(C(=O)N(C)CC(C)(C)CN)cc2F)CC1.Cl.Cl. The van der Waals surface area contributed by atoms with Gasteiger partial charge in [-0.1, -0.05) is 20.8 Å². The number of hydrogen-bond acceptors (Lipinski definition) is 4. The van der Waals surface area contributed by atoms with E-state index in [9.17, 15) is 9.18 Å². The van der Waals surface area contributed by atoms with Gasteiger partial charge in [-0.3, -0.25) is 4.79 Å². The molecule has 1 aliphatic heterocycles. The summed E-state index contributed by atoms with van der Waals surface area (Å²) in [5.74, 6) is -0.509. The minimum atomic E-state index is -0.331. The molecule has 0 aliphatic carbocycles. The van der Waals surface area contributed by atoms with E-state index in [1.54, 1.807) is 24.1 Å². The van der Waals surface area contributed by atoms with Crippen LogP contribution in [0.15, 0.2) is 18.2 Å². The van der Waals surface area contributed by atoms with Crippen molar-refractivity contribution in [2.45, 2.75) is 20.8 Å². The Morgan fingerprint density at radius 3 is 2.30 bits per heavy atom. The molecule has 0 bridgehead atoms. The number of hydrogen-bond donors (Lipinski definition) is 1. The van der Waals surface area contributed by atoms with Crippen LogP contribution in [-0.4, -0.2) is 68.6 Å². The van der Waals surface area contributed by atoms with Gasteiger partial charge < -0.3 is 20.4 Å². The van der Waals surface area contributed by atoms with E-state index in [4.69, 9.17) is 5.73 Å². The Bertz CT molecular complexity index is 607. The molecule has 0 radical (unpaired) electrons. The minimum absolute atomic E-state index is 0. The van der Waals surface area contributed by atoms with Crippen molar-refractivity contribution in [2.24, 2.45) is 11.1 Å². The summed E-state index contributed by atoms with van der Waals surface area (Å²) in [5.41, 5.74) is 6.53. The topological polar surface area (TPSA) is 52.8 Å². The summed E-state index contributed by atoms with van der Waals surface area (Å²) in [6.45, 7) is 11.7. The van der Waals surface area contributed by atoms with Gasteiger partial charge in [-0.25, -0.2) is 4.39 Å². The van der Waals surface area contributed by atoms with Gasteiger partial charge in [0.2, 0.25) is 0 Å². The van der Waals surface area contributed by atoms with Crippen LogP contribution in [-0.2, 0) is 0 Å². The zero-order chi connectivity index (χ0) is 18.6. The largest absolute Gasteiger partial charge is 0.367 e. The third-order valence-corrected chi connectivity index (χ3v) is 4.92. The second-order valence-electron chi connectivity index (χ2n) is 7.62. The van der Waals surface area contributed by atoms with Crippen molar-refractivity contribution < 1.29 is 9.18 Å². The van der Waals surface area contributed by atoms with Crippen LogP contribution in [0.25, 0.3) is 0 Å². The lowest BCUT2D eigenvalue weighted by Crippen LogP contribution is -2.46. The van der Waals surface area contributed by atoms with E-state index in [0.29, 0.717) is 24.3 Å². The first-order valence-corrected chi connectivity index (χ1v) is 9.00. The Morgan fingerprint density at radius 1 is 1.22 bits per heavy atom. The maximum atomic E-state index is 14.6. The van der Waals surface area contributed by atoms with E-state index in [1.807, 2.05) is 13.8 Å². The maximum Gasteiger partial charge on any atom is 0.253 e. The molecule has 1 heterocycles. The van der Waals surface area contributed by atoms with Crippen LogP contribution in [0.3, 0.4) is 0 Å². The van der Waals surface area contributed by atoms with Crippen LogP contribution >= 0.6 is 24.8 Å². The molecule has 1 aromatic carbocycles. The van der Waals surface area contributed by atoms with E-state index in [-0.39, 0.29) is 42.0 Å². The second kappa shape index (κ2) is 11.1. The highest BCUT2D eigenvalue weighted by Gasteiger charge is 2.24. The predicted molar refractivity (Wildman–Crippen MR) is 115 cm³/mol. The van der Waals surface area contributed by atoms with Gasteiger partial charge in [0.05, 0.1) is 5.69 Å². The average Bonchev–Trinajstić information content (AvgIpc) is 2.60. The van der Waals surface area contributed by atoms with Crippen molar-refractivity contribution in [2.75, 3.05) is 57.8 Å². The molecule has 156 valence electrons. The number of anilines is 1. The highest BCUT2D eigenvalue weighted by atomic mass is 35.5. The molecule has 0 spiro atoms. The fraction of sp³-hybridized carbons (Fsp3) is 0.632. The van der Waals surface area contributed by atoms with Crippen molar-refractivity contribution >= 4 is 36.4 Å². The van der Waals surface area contributed by atoms with Crippen molar-refractivity contribution in [1.29, 1.82) is 0 Å². The summed E-state index contributed by atoms with van der Waals surface area (Å²) >= 11 is 0. The number of benzene rings is 1. The number of piperazine rings is 1. The Hall–Kier alpha value is -1.08. The first-order valence-electron chi connectivity index (χ1n) is 9.00. The van der Waals surface area contributed by atoms with Gasteiger partial charge in [0.15, 0.2) is 0 Å². The summed E-state index contributed by atoms with van der Waals surface area (Å²) in [7, 11) is 1.73. The summed E-state index contributed by atoms with van der Waals surface area (Å²) in [4.78, 5) is 18.6. The van der Waals surface area contributed by atoms with Crippen LogP contribution in [0, 0.1) is 11.2 Å². The summed E-state index contributed by atoms with van der Waals surface area (Å²) in [5, 5.41) is 0. The molecule has 2 rings (SSSR count). The van der Waals surface area contributed by atoms with Gasteiger partial charge in [0.1, 0.15) is 5.82 Å². The Balaban J connectivity index is 0.00000338. The molecular formula is C19H33Cl2FN4O. The number of carbonyl (C=O) groups excluding carboxylic acids is 1. The number of amides is 1. The summed E-state index contributed by atoms with van der Waals surface area (Å²) in [6, 6.07) is 4.81. The molecule has 8 heteroatoms. The lowest BCUT2D eigenvalue weighted by molar-refractivity contribution is 0.0740. The van der Waals surface area contributed by atoms with Gasteiger partial charge in [0.25, 0.3) is 5.91 Å². The van der Waals surface area contributed by atoms with Gasteiger partial charge in [0, 0.05) is 45.3 Å². The molecule has 0 saturated carbocycles. The average molecular weight is 423 g/mol. The van der Waals surface area contributed by atoms with E-state index in [2.05, 4.69) is 16.7 Å². The summed E-state index contributed by atoms with van der Waals surface area (Å²) in [6.07, 6.45) is 0. The van der Waals surface area contributed by atoms with Gasteiger partial charge in [-0.05, 0) is 36.7 Å². The highest BCUT2D eigenvalue weighted by molar-refractivity contribution is 5.94. The van der Waals surface area contributed by atoms with Crippen molar-refractivity contribution in [1.82, 2.24) is 9.80 Å². The summed E-state index contributed by atoms with van der Waals surface area (Å²) < 4.78 is 14.6. The number of carbonyl (C=O) groups is 1. The van der Waals surface area contributed by atoms with Gasteiger partial charge in [-0.2, -0.15) is 0 Å². The number of nitrogens with zero attached hydrogens (tertiary/aromatic N) is 3. The third kappa shape index (κ3) is 6.79. The highest BCUT2D eigenvalue weighted by Crippen LogP contribution is 2.23. The fourth-order valence-electron chi connectivity index (χ4n) is 3.20. The molecule has 2 N–H and O–H groups in total. The molecule has 5 nitrogen and oxygen atoms in total. The van der Waals surface area contributed by atoms with Crippen LogP contribution in [0.1, 0.15) is 31.1 Å². The quantitative estimate of drug-likeness (QED) is 0.765. The lowest BCUT2D eigenvalue weighted by atomic mass is 9.93. The van der Waals surface area contributed by atoms with Crippen molar-refractivity contribution in [3.63, 3.8) is 0 Å². The molecule has 1 amide bonds. The van der Waals surface area contributed by atoms with Crippen LogP contribution in [0.2, 0.25) is 0 Å². The standard InChI is InChI=1S/C19H31FN4O.2ClH/c1-5-23-8-10-24(11-9-23)17-7-6-15(12-16(17)20)18(25)22(4)14-19(2,3)13-21;;/h6-7,12H,5,8-11,13-14,21H2,1-4H3;2*1H. The third-order valence-electron chi connectivity index (χ3n) is 4.92. The van der Waals surface area contributed by atoms with Gasteiger partial charge in [-0.15, -0.1) is 24.8 Å². The Kier molecular flexibility index (Phi) is 10.6. The number of likely N-dealkylation sites (N-methyl/N-ethyl adjacent to an activating group) is 1.